The van der Waals surface area contributed by atoms with Gasteiger partial charge in [-0.2, -0.15) is 0 Å². The number of hydrogen-bond acceptors (Lipinski definition) is 3. The molecule has 0 aliphatic rings. The van der Waals surface area contributed by atoms with Crippen LogP contribution in [-0.2, 0) is 16.6 Å². The van der Waals surface area contributed by atoms with E-state index < -0.39 is 10.0 Å². The van der Waals surface area contributed by atoms with Gasteiger partial charge in [0.15, 0.2) is 5.03 Å². The minimum Gasteiger partial charge on any atom is -0.332 e. The van der Waals surface area contributed by atoms with Crippen LogP contribution >= 0.6 is 0 Å². The molecule has 1 aromatic heterocycles. The number of aromatic nitrogens is 2. The maximum atomic E-state index is 11.9. The van der Waals surface area contributed by atoms with Crippen molar-refractivity contribution in [2.75, 3.05) is 0 Å². The van der Waals surface area contributed by atoms with E-state index in [1.54, 1.807) is 6.92 Å². The van der Waals surface area contributed by atoms with Gasteiger partial charge in [-0.3, -0.25) is 0 Å². The van der Waals surface area contributed by atoms with Crippen molar-refractivity contribution in [3.05, 3.63) is 47.4 Å². The fourth-order valence-electron chi connectivity index (χ4n) is 1.61. The van der Waals surface area contributed by atoms with Crippen LogP contribution in [0.4, 0.5) is 0 Å². The SMILES string of the molecule is Cc1cccc(CNS(=O)(=O)c2cnc(C)[nH]2)c1. The Morgan fingerprint density at radius 2 is 2.11 bits per heavy atom. The standard InChI is InChI=1S/C12H15N3O2S/c1-9-4-3-5-11(6-9)7-14-18(16,17)12-8-13-10(2)15-12/h3-6,8,14H,7H2,1-2H3,(H,13,15). The summed E-state index contributed by atoms with van der Waals surface area (Å²) < 4.78 is 26.4. The number of aryl methyl sites for hydroxylation is 2. The van der Waals surface area contributed by atoms with Gasteiger partial charge < -0.3 is 4.98 Å². The lowest BCUT2D eigenvalue weighted by Crippen LogP contribution is -2.23. The molecule has 18 heavy (non-hydrogen) atoms. The van der Waals surface area contributed by atoms with E-state index in [2.05, 4.69) is 14.7 Å². The van der Waals surface area contributed by atoms with Crippen LogP contribution in [0.5, 0.6) is 0 Å². The number of rotatable bonds is 4. The van der Waals surface area contributed by atoms with Crippen molar-refractivity contribution in [2.45, 2.75) is 25.4 Å². The summed E-state index contributed by atoms with van der Waals surface area (Å²) in [7, 11) is -3.52. The van der Waals surface area contributed by atoms with Crippen LogP contribution in [0.1, 0.15) is 17.0 Å². The van der Waals surface area contributed by atoms with Gasteiger partial charge in [-0.15, -0.1) is 0 Å². The van der Waals surface area contributed by atoms with Crippen molar-refractivity contribution in [3.8, 4) is 0 Å². The molecular weight excluding hydrogens is 250 g/mol. The molecule has 0 unspecified atom stereocenters. The number of hydrogen-bond donors (Lipinski definition) is 2. The summed E-state index contributed by atoms with van der Waals surface area (Å²) >= 11 is 0. The largest absolute Gasteiger partial charge is 0.332 e. The first-order valence-corrected chi connectivity index (χ1v) is 7.02. The van der Waals surface area contributed by atoms with E-state index in [9.17, 15) is 8.42 Å². The molecular formula is C12H15N3O2S. The Labute approximate surface area is 106 Å². The Balaban J connectivity index is 2.10. The van der Waals surface area contributed by atoms with Crippen molar-refractivity contribution >= 4 is 10.0 Å². The smallest absolute Gasteiger partial charge is 0.257 e. The van der Waals surface area contributed by atoms with Gasteiger partial charge in [-0.05, 0) is 19.4 Å². The van der Waals surface area contributed by atoms with Crippen molar-refractivity contribution in [1.29, 1.82) is 0 Å². The van der Waals surface area contributed by atoms with Crippen LogP contribution in [0.2, 0.25) is 0 Å². The summed E-state index contributed by atoms with van der Waals surface area (Å²) in [6.07, 6.45) is 1.31. The van der Waals surface area contributed by atoms with Gasteiger partial charge >= 0.3 is 0 Å². The van der Waals surface area contributed by atoms with Crippen molar-refractivity contribution in [2.24, 2.45) is 0 Å². The monoisotopic (exact) mass is 265 g/mol. The number of aromatic amines is 1. The van der Waals surface area contributed by atoms with Crippen LogP contribution in [0.15, 0.2) is 35.5 Å². The summed E-state index contributed by atoms with van der Waals surface area (Å²) in [6, 6.07) is 7.70. The third-order valence-electron chi connectivity index (χ3n) is 2.52. The second-order valence-corrected chi connectivity index (χ2v) is 5.88. The minimum atomic E-state index is -3.52. The van der Waals surface area contributed by atoms with Gasteiger partial charge in [0, 0.05) is 6.54 Å². The van der Waals surface area contributed by atoms with E-state index in [4.69, 9.17) is 0 Å². The first kappa shape index (κ1) is 12.8. The number of benzene rings is 1. The maximum Gasteiger partial charge on any atom is 0.257 e. The molecule has 0 saturated carbocycles. The van der Waals surface area contributed by atoms with E-state index in [1.807, 2.05) is 31.2 Å². The quantitative estimate of drug-likeness (QED) is 0.879. The summed E-state index contributed by atoms with van der Waals surface area (Å²) in [6.45, 7) is 3.94. The first-order valence-electron chi connectivity index (χ1n) is 5.54. The Morgan fingerprint density at radius 1 is 1.33 bits per heavy atom. The molecule has 0 amide bonds. The van der Waals surface area contributed by atoms with Gasteiger partial charge in [0.2, 0.25) is 0 Å². The molecule has 0 radical (unpaired) electrons. The number of nitrogens with one attached hydrogen (secondary N) is 2. The first-order chi connectivity index (χ1) is 8.47. The second kappa shape index (κ2) is 4.91. The summed E-state index contributed by atoms with van der Waals surface area (Å²) in [5, 5.41) is 0.0904. The normalized spacial score (nSPS) is 11.7. The van der Waals surface area contributed by atoms with Crippen molar-refractivity contribution in [1.82, 2.24) is 14.7 Å². The summed E-state index contributed by atoms with van der Waals surface area (Å²) in [4.78, 5) is 6.58. The van der Waals surface area contributed by atoms with Crippen LogP contribution in [0.25, 0.3) is 0 Å². The Hall–Kier alpha value is -1.66. The molecule has 1 aromatic carbocycles. The average molecular weight is 265 g/mol. The highest BCUT2D eigenvalue weighted by atomic mass is 32.2. The van der Waals surface area contributed by atoms with Crippen LogP contribution in [0.3, 0.4) is 0 Å². The van der Waals surface area contributed by atoms with E-state index in [1.165, 1.54) is 6.20 Å². The van der Waals surface area contributed by atoms with Crippen LogP contribution in [0, 0.1) is 13.8 Å². The van der Waals surface area contributed by atoms with Crippen molar-refractivity contribution in [3.63, 3.8) is 0 Å². The zero-order valence-corrected chi connectivity index (χ0v) is 11.1. The lowest BCUT2D eigenvalue weighted by molar-refractivity contribution is 0.578. The van der Waals surface area contributed by atoms with E-state index >= 15 is 0 Å². The molecule has 2 aromatic rings. The lowest BCUT2D eigenvalue weighted by Gasteiger charge is -2.05. The molecule has 0 aliphatic heterocycles. The number of sulfonamides is 1. The molecule has 0 aliphatic carbocycles. The molecule has 2 N–H and O–H groups in total. The highest BCUT2D eigenvalue weighted by Crippen LogP contribution is 2.08. The van der Waals surface area contributed by atoms with Crippen LogP contribution in [-0.4, -0.2) is 18.4 Å². The highest BCUT2D eigenvalue weighted by molar-refractivity contribution is 7.89. The van der Waals surface area contributed by atoms with Gasteiger partial charge in [0.25, 0.3) is 10.0 Å². The second-order valence-electron chi connectivity index (χ2n) is 4.15. The summed E-state index contributed by atoms with van der Waals surface area (Å²) in [5.41, 5.74) is 2.03. The molecule has 6 heteroatoms. The predicted molar refractivity (Wildman–Crippen MR) is 68.5 cm³/mol. The topological polar surface area (TPSA) is 74.8 Å². The van der Waals surface area contributed by atoms with Crippen LogP contribution < -0.4 is 4.72 Å². The molecule has 0 spiro atoms. The van der Waals surface area contributed by atoms with Gasteiger partial charge in [-0.25, -0.2) is 18.1 Å². The Bertz CT molecular complexity index is 647. The third kappa shape index (κ3) is 2.96. The zero-order valence-electron chi connectivity index (χ0n) is 10.3. The fourth-order valence-corrected chi connectivity index (χ4v) is 2.60. The summed E-state index contributed by atoms with van der Waals surface area (Å²) in [5.74, 6) is 0.575. The van der Waals surface area contributed by atoms with Gasteiger partial charge in [-0.1, -0.05) is 29.8 Å². The maximum absolute atomic E-state index is 11.9. The van der Waals surface area contributed by atoms with E-state index in [-0.39, 0.29) is 11.6 Å². The molecule has 0 atom stereocenters. The molecule has 2 rings (SSSR count). The fraction of sp³-hybridized carbons (Fsp3) is 0.250. The Morgan fingerprint density at radius 3 is 2.72 bits per heavy atom. The van der Waals surface area contributed by atoms with E-state index in [0.29, 0.717) is 5.82 Å². The highest BCUT2D eigenvalue weighted by Gasteiger charge is 2.15. The molecule has 0 fully saturated rings. The average Bonchev–Trinajstić information content (AvgIpc) is 2.74. The lowest BCUT2D eigenvalue weighted by atomic mass is 10.1. The van der Waals surface area contributed by atoms with E-state index in [0.717, 1.165) is 11.1 Å². The zero-order chi connectivity index (χ0) is 13.2. The molecule has 0 bridgehead atoms. The number of imidazole rings is 1. The number of nitrogens with zero attached hydrogens (tertiary/aromatic N) is 1. The molecule has 5 nitrogen and oxygen atoms in total. The molecule has 0 saturated heterocycles. The third-order valence-corrected chi connectivity index (χ3v) is 3.83. The minimum absolute atomic E-state index is 0.0904. The number of H-pyrrole nitrogens is 1. The molecule has 96 valence electrons. The van der Waals surface area contributed by atoms with Crippen molar-refractivity contribution < 1.29 is 8.42 Å². The Kier molecular flexibility index (Phi) is 3.49. The molecule has 1 heterocycles. The van der Waals surface area contributed by atoms with Gasteiger partial charge in [0.05, 0.1) is 6.20 Å². The van der Waals surface area contributed by atoms with Gasteiger partial charge in [0.1, 0.15) is 5.82 Å². The predicted octanol–water partition coefficient (Wildman–Crippen LogP) is 1.51.